The van der Waals surface area contributed by atoms with Crippen LogP contribution in [-0.4, -0.2) is 36.5 Å². The maximum absolute atomic E-state index is 11.6. The molecule has 0 unspecified atom stereocenters. The highest BCUT2D eigenvalue weighted by atomic mass is 16.1. The highest BCUT2D eigenvalue weighted by Crippen LogP contribution is 2.50. The third-order valence-electron chi connectivity index (χ3n) is 6.57. The second kappa shape index (κ2) is 7.43. The van der Waals surface area contributed by atoms with Gasteiger partial charge in [0.05, 0.1) is 6.04 Å². The van der Waals surface area contributed by atoms with E-state index >= 15 is 0 Å². The Kier molecular flexibility index (Phi) is 5.49. The molecule has 3 rings (SSSR count). The van der Waals surface area contributed by atoms with Gasteiger partial charge in [-0.25, -0.2) is 0 Å². The zero-order valence-electron chi connectivity index (χ0n) is 15.7. The third-order valence-corrected chi connectivity index (χ3v) is 6.57. The van der Waals surface area contributed by atoms with E-state index in [1.165, 1.54) is 50.9 Å². The first-order chi connectivity index (χ1) is 11.5. The van der Waals surface area contributed by atoms with Crippen LogP contribution in [0.2, 0.25) is 0 Å². The standard InChI is InChI=1S/C21H34N2O/c1-4-16(2)15-23-13-11-21(12-14-23)10-9-20(22-17(3)24)18-7-5-6-8-19(18)21/h6,8,16,20H,4-5,7,9-15H2,1-3H3,(H,22,24)/t16-,20+/m1/s1. The van der Waals surface area contributed by atoms with E-state index in [0.717, 1.165) is 25.2 Å². The molecule has 0 saturated carbocycles. The maximum Gasteiger partial charge on any atom is 0.217 e. The Bertz CT molecular complexity index is 526. The number of hydrogen-bond donors (Lipinski definition) is 1. The Hall–Kier alpha value is -1.09. The van der Waals surface area contributed by atoms with Gasteiger partial charge in [-0.05, 0) is 74.1 Å². The molecule has 0 radical (unpaired) electrons. The van der Waals surface area contributed by atoms with Crippen molar-refractivity contribution in [2.24, 2.45) is 11.3 Å². The molecule has 1 aliphatic heterocycles. The summed E-state index contributed by atoms with van der Waals surface area (Å²) in [4.78, 5) is 14.2. The van der Waals surface area contributed by atoms with Gasteiger partial charge in [-0.1, -0.05) is 32.4 Å². The Labute approximate surface area is 147 Å². The number of carbonyl (C=O) groups excluding carboxylic acids is 1. The van der Waals surface area contributed by atoms with E-state index < -0.39 is 0 Å². The minimum atomic E-state index is 0.112. The maximum atomic E-state index is 11.6. The van der Waals surface area contributed by atoms with Gasteiger partial charge in [0.25, 0.3) is 0 Å². The summed E-state index contributed by atoms with van der Waals surface area (Å²) < 4.78 is 0. The van der Waals surface area contributed by atoms with Crippen molar-refractivity contribution in [3.05, 3.63) is 23.3 Å². The molecule has 1 amide bonds. The van der Waals surface area contributed by atoms with Crippen molar-refractivity contribution in [1.29, 1.82) is 0 Å². The van der Waals surface area contributed by atoms with Crippen LogP contribution in [0.1, 0.15) is 65.7 Å². The number of rotatable bonds is 4. The number of allylic oxidation sites excluding steroid dienone is 3. The van der Waals surface area contributed by atoms with E-state index in [4.69, 9.17) is 0 Å². The number of hydrogen-bond acceptors (Lipinski definition) is 2. The van der Waals surface area contributed by atoms with Crippen LogP contribution in [0, 0.1) is 11.3 Å². The largest absolute Gasteiger partial charge is 0.350 e. The molecule has 1 fully saturated rings. The number of likely N-dealkylation sites (tertiary alicyclic amines) is 1. The molecule has 1 spiro atoms. The molecule has 0 aromatic heterocycles. The Morgan fingerprint density at radius 3 is 2.79 bits per heavy atom. The van der Waals surface area contributed by atoms with Crippen LogP contribution in [0.3, 0.4) is 0 Å². The lowest BCUT2D eigenvalue weighted by molar-refractivity contribution is -0.119. The van der Waals surface area contributed by atoms with E-state index in [1.54, 1.807) is 12.5 Å². The molecule has 2 aliphatic carbocycles. The fraction of sp³-hybridized carbons (Fsp3) is 0.762. The van der Waals surface area contributed by atoms with Gasteiger partial charge in [0.1, 0.15) is 0 Å². The third kappa shape index (κ3) is 3.61. The average molecular weight is 331 g/mol. The predicted octanol–water partition coefficient (Wildman–Crippen LogP) is 4.06. The normalized spacial score (nSPS) is 27.9. The number of nitrogens with one attached hydrogen (secondary N) is 1. The fourth-order valence-corrected chi connectivity index (χ4v) is 4.95. The van der Waals surface area contributed by atoms with Gasteiger partial charge in [-0.3, -0.25) is 4.79 Å². The first-order valence-corrected chi connectivity index (χ1v) is 9.93. The lowest BCUT2D eigenvalue weighted by atomic mass is 9.61. The van der Waals surface area contributed by atoms with E-state index in [2.05, 4.69) is 36.2 Å². The molecular formula is C21H34N2O. The summed E-state index contributed by atoms with van der Waals surface area (Å²) in [5, 5.41) is 3.20. The van der Waals surface area contributed by atoms with Crippen molar-refractivity contribution in [1.82, 2.24) is 10.2 Å². The number of fused-ring (bicyclic) bond motifs is 1. The van der Waals surface area contributed by atoms with Crippen molar-refractivity contribution in [2.45, 2.75) is 71.8 Å². The number of carbonyl (C=O) groups is 1. The quantitative estimate of drug-likeness (QED) is 0.843. The van der Waals surface area contributed by atoms with Crippen molar-refractivity contribution < 1.29 is 4.79 Å². The molecule has 2 atom stereocenters. The molecule has 0 aromatic carbocycles. The fourth-order valence-electron chi connectivity index (χ4n) is 4.95. The monoisotopic (exact) mass is 330 g/mol. The SMILES string of the molecule is CC[C@@H](C)CN1CCC2(CC[C@H](NC(C)=O)C3=C2C=CCC3)CC1. The van der Waals surface area contributed by atoms with E-state index in [-0.39, 0.29) is 11.9 Å². The zero-order valence-corrected chi connectivity index (χ0v) is 15.7. The number of nitrogens with zero attached hydrogens (tertiary/aromatic N) is 1. The molecule has 134 valence electrons. The predicted molar refractivity (Wildman–Crippen MR) is 99.8 cm³/mol. The summed E-state index contributed by atoms with van der Waals surface area (Å²) in [6.45, 7) is 10.0. The van der Waals surface area contributed by atoms with E-state index in [9.17, 15) is 4.79 Å². The molecule has 1 heterocycles. The van der Waals surface area contributed by atoms with Crippen molar-refractivity contribution >= 4 is 5.91 Å². The van der Waals surface area contributed by atoms with Crippen molar-refractivity contribution in [2.75, 3.05) is 19.6 Å². The molecular weight excluding hydrogens is 296 g/mol. The smallest absolute Gasteiger partial charge is 0.217 e. The number of piperidine rings is 1. The minimum Gasteiger partial charge on any atom is -0.350 e. The summed E-state index contributed by atoms with van der Waals surface area (Å²) in [6.07, 6.45) is 13.2. The van der Waals surface area contributed by atoms with Crippen LogP contribution >= 0.6 is 0 Å². The zero-order chi connectivity index (χ0) is 17.2. The van der Waals surface area contributed by atoms with Crippen LogP contribution in [0.5, 0.6) is 0 Å². The van der Waals surface area contributed by atoms with Gasteiger partial charge in [0, 0.05) is 13.5 Å². The number of amides is 1. The molecule has 24 heavy (non-hydrogen) atoms. The van der Waals surface area contributed by atoms with Crippen LogP contribution < -0.4 is 5.32 Å². The molecule has 0 bridgehead atoms. The van der Waals surface area contributed by atoms with Crippen LogP contribution in [0.4, 0.5) is 0 Å². The van der Waals surface area contributed by atoms with Gasteiger partial charge in [0.15, 0.2) is 0 Å². The lowest BCUT2D eigenvalue weighted by Crippen LogP contribution is -2.47. The average Bonchev–Trinajstić information content (AvgIpc) is 2.59. The molecule has 3 aliphatic rings. The second-order valence-electron chi connectivity index (χ2n) is 8.27. The Balaban J connectivity index is 1.75. The van der Waals surface area contributed by atoms with Gasteiger partial charge in [-0.15, -0.1) is 0 Å². The summed E-state index contributed by atoms with van der Waals surface area (Å²) in [5.41, 5.74) is 3.50. The van der Waals surface area contributed by atoms with E-state index in [1.807, 2.05) is 0 Å². The molecule has 1 N–H and O–H groups in total. The molecule has 3 heteroatoms. The van der Waals surface area contributed by atoms with E-state index in [0.29, 0.717) is 5.41 Å². The molecule has 0 aromatic rings. The molecule has 3 nitrogen and oxygen atoms in total. The van der Waals surface area contributed by atoms with Gasteiger partial charge < -0.3 is 10.2 Å². The van der Waals surface area contributed by atoms with Gasteiger partial charge >= 0.3 is 0 Å². The van der Waals surface area contributed by atoms with Crippen molar-refractivity contribution in [3.63, 3.8) is 0 Å². The van der Waals surface area contributed by atoms with Gasteiger partial charge in [0.2, 0.25) is 5.91 Å². The second-order valence-corrected chi connectivity index (χ2v) is 8.27. The van der Waals surface area contributed by atoms with Gasteiger partial charge in [-0.2, -0.15) is 0 Å². The first kappa shape index (κ1) is 17.7. The molecule has 1 saturated heterocycles. The van der Waals surface area contributed by atoms with Crippen molar-refractivity contribution in [3.8, 4) is 0 Å². The highest BCUT2D eigenvalue weighted by molar-refractivity contribution is 5.74. The highest BCUT2D eigenvalue weighted by Gasteiger charge is 2.43. The van der Waals surface area contributed by atoms with Crippen LogP contribution in [0.15, 0.2) is 23.3 Å². The first-order valence-electron chi connectivity index (χ1n) is 9.93. The lowest BCUT2D eigenvalue weighted by Gasteiger charge is -2.49. The Morgan fingerprint density at radius 2 is 2.12 bits per heavy atom. The summed E-state index contributed by atoms with van der Waals surface area (Å²) >= 11 is 0. The summed E-state index contributed by atoms with van der Waals surface area (Å²) in [6, 6.07) is 0.284. The summed E-state index contributed by atoms with van der Waals surface area (Å²) in [7, 11) is 0. The minimum absolute atomic E-state index is 0.112. The van der Waals surface area contributed by atoms with Crippen LogP contribution in [0.25, 0.3) is 0 Å². The summed E-state index contributed by atoms with van der Waals surface area (Å²) in [5.74, 6) is 0.916. The Morgan fingerprint density at radius 1 is 1.38 bits per heavy atom. The van der Waals surface area contributed by atoms with Crippen LogP contribution in [-0.2, 0) is 4.79 Å². The topological polar surface area (TPSA) is 32.3 Å².